The number of hydrogen-bond acceptors (Lipinski definition) is 4. The van der Waals surface area contributed by atoms with Crippen LogP contribution in [0.25, 0.3) is 0 Å². The fraction of sp³-hybridized carbons (Fsp3) is 0.188. The number of amides is 1. The molecule has 0 fully saturated rings. The van der Waals surface area contributed by atoms with Crippen molar-refractivity contribution in [3.05, 3.63) is 74.8 Å². The zero-order chi connectivity index (χ0) is 16.7. The third-order valence-corrected chi connectivity index (χ3v) is 4.31. The Balaban J connectivity index is 1.82. The minimum absolute atomic E-state index is 0.0208. The zero-order valence-corrected chi connectivity index (χ0v) is 13.8. The molecule has 0 bridgehead atoms. The van der Waals surface area contributed by atoms with E-state index >= 15 is 0 Å². The summed E-state index contributed by atoms with van der Waals surface area (Å²) in [6, 6.07) is 14.0. The SMILES string of the molecule is O=C(NCCSCc1ccccc1)c1ccc(Cl)cc1[N+](=O)[O-]. The summed E-state index contributed by atoms with van der Waals surface area (Å²) in [6.07, 6.45) is 0. The van der Waals surface area contributed by atoms with Crippen LogP contribution >= 0.6 is 23.4 Å². The van der Waals surface area contributed by atoms with Gasteiger partial charge >= 0.3 is 0 Å². The largest absolute Gasteiger partial charge is 0.351 e. The normalized spacial score (nSPS) is 10.3. The Labute approximate surface area is 143 Å². The van der Waals surface area contributed by atoms with Crippen molar-refractivity contribution in [1.29, 1.82) is 0 Å². The van der Waals surface area contributed by atoms with E-state index in [4.69, 9.17) is 11.6 Å². The molecule has 0 aliphatic rings. The molecule has 0 heterocycles. The van der Waals surface area contributed by atoms with Crippen molar-refractivity contribution in [2.45, 2.75) is 5.75 Å². The van der Waals surface area contributed by atoms with Gasteiger partial charge in [-0.3, -0.25) is 14.9 Å². The van der Waals surface area contributed by atoms with E-state index in [1.807, 2.05) is 30.3 Å². The van der Waals surface area contributed by atoms with Crippen molar-refractivity contribution >= 4 is 35.0 Å². The highest BCUT2D eigenvalue weighted by atomic mass is 35.5. The number of nitro benzene ring substituents is 1. The minimum Gasteiger partial charge on any atom is -0.351 e. The molecule has 0 spiro atoms. The molecule has 1 N–H and O–H groups in total. The molecule has 0 saturated heterocycles. The van der Waals surface area contributed by atoms with E-state index in [1.165, 1.54) is 23.8 Å². The van der Waals surface area contributed by atoms with Crippen LogP contribution in [0.5, 0.6) is 0 Å². The molecule has 0 aliphatic heterocycles. The summed E-state index contributed by atoms with van der Waals surface area (Å²) in [5.74, 6) is 1.12. The Bertz CT molecular complexity index is 695. The zero-order valence-electron chi connectivity index (χ0n) is 12.2. The highest BCUT2D eigenvalue weighted by Crippen LogP contribution is 2.23. The van der Waals surface area contributed by atoms with E-state index < -0.39 is 10.8 Å². The van der Waals surface area contributed by atoms with Gasteiger partial charge in [0.05, 0.1) is 4.92 Å². The molecule has 0 unspecified atom stereocenters. The molecule has 120 valence electrons. The Morgan fingerprint density at radius 1 is 1.22 bits per heavy atom. The third kappa shape index (κ3) is 5.26. The van der Waals surface area contributed by atoms with E-state index in [1.54, 1.807) is 11.8 Å². The second-order valence-electron chi connectivity index (χ2n) is 4.71. The molecule has 23 heavy (non-hydrogen) atoms. The van der Waals surface area contributed by atoms with Crippen LogP contribution in [0.1, 0.15) is 15.9 Å². The Kier molecular flexibility index (Phi) is 6.43. The van der Waals surface area contributed by atoms with Crippen molar-refractivity contribution in [2.24, 2.45) is 0 Å². The van der Waals surface area contributed by atoms with Gasteiger partial charge in [0.15, 0.2) is 0 Å². The summed E-state index contributed by atoms with van der Waals surface area (Å²) in [5, 5.41) is 13.9. The highest BCUT2D eigenvalue weighted by molar-refractivity contribution is 7.98. The first-order chi connectivity index (χ1) is 11.1. The van der Waals surface area contributed by atoms with Gasteiger partial charge in [-0.1, -0.05) is 41.9 Å². The fourth-order valence-electron chi connectivity index (χ4n) is 1.94. The molecule has 2 rings (SSSR count). The van der Waals surface area contributed by atoms with Gasteiger partial charge in [0.2, 0.25) is 0 Å². The number of nitro groups is 1. The third-order valence-electron chi connectivity index (χ3n) is 3.04. The number of rotatable bonds is 7. The second-order valence-corrected chi connectivity index (χ2v) is 6.25. The predicted molar refractivity (Wildman–Crippen MR) is 93.0 cm³/mol. The van der Waals surface area contributed by atoms with Crippen LogP contribution in [0, 0.1) is 10.1 Å². The number of benzene rings is 2. The number of carbonyl (C=O) groups excluding carboxylic acids is 1. The molecule has 0 atom stereocenters. The van der Waals surface area contributed by atoms with Gasteiger partial charge in [0, 0.05) is 29.1 Å². The molecular weight excluding hydrogens is 336 g/mol. The monoisotopic (exact) mass is 350 g/mol. The van der Waals surface area contributed by atoms with E-state index in [2.05, 4.69) is 5.32 Å². The summed E-state index contributed by atoms with van der Waals surface area (Å²) in [5.41, 5.74) is 0.955. The maximum atomic E-state index is 12.0. The van der Waals surface area contributed by atoms with Crippen molar-refractivity contribution in [2.75, 3.05) is 12.3 Å². The van der Waals surface area contributed by atoms with Gasteiger partial charge in [-0.2, -0.15) is 11.8 Å². The van der Waals surface area contributed by atoms with Crippen LogP contribution in [0.4, 0.5) is 5.69 Å². The number of nitrogens with one attached hydrogen (secondary N) is 1. The second kappa shape index (κ2) is 8.55. The molecule has 0 radical (unpaired) electrons. The molecule has 2 aromatic rings. The van der Waals surface area contributed by atoms with E-state index in [9.17, 15) is 14.9 Å². The lowest BCUT2D eigenvalue weighted by molar-refractivity contribution is -0.385. The Hall–Kier alpha value is -2.05. The molecule has 1 amide bonds. The predicted octanol–water partition coefficient (Wildman–Crippen LogP) is 3.91. The highest BCUT2D eigenvalue weighted by Gasteiger charge is 2.20. The van der Waals surface area contributed by atoms with Crippen LogP contribution in [-0.4, -0.2) is 23.1 Å². The van der Waals surface area contributed by atoms with Gasteiger partial charge < -0.3 is 5.32 Å². The average Bonchev–Trinajstić information content (AvgIpc) is 2.55. The smallest absolute Gasteiger partial charge is 0.283 e. The van der Waals surface area contributed by atoms with Crippen LogP contribution in [-0.2, 0) is 5.75 Å². The quantitative estimate of drug-likeness (QED) is 0.467. The summed E-state index contributed by atoms with van der Waals surface area (Å²) in [4.78, 5) is 22.4. The molecule has 2 aromatic carbocycles. The van der Waals surface area contributed by atoms with Gasteiger partial charge in [-0.15, -0.1) is 0 Å². The maximum absolute atomic E-state index is 12.0. The van der Waals surface area contributed by atoms with Crippen molar-refractivity contribution in [1.82, 2.24) is 5.32 Å². The maximum Gasteiger partial charge on any atom is 0.283 e. The fourth-order valence-corrected chi connectivity index (χ4v) is 2.93. The Morgan fingerprint density at radius 2 is 1.96 bits per heavy atom. The van der Waals surface area contributed by atoms with Crippen LogP contribution in [0.2, 0.25) is 5.02 Å². The summed E-state index contributed by atoms with van der Waals surface area (Å²) < 4.78 is 0. The van der Waals surface area contributed by atoms with Crippen molar-refractivity contribution in [3.8, 4) is 0 Å². The minimum atomic E-state index is -0.606. The van der Waals surface area contributed by atoms with E-state index in [0.29, 0.717) is 6.54 Å². The van der Waals surface area contributed by atoms with Crippen LogP contribution < -0.4 is 5.32 Å². The summed E-state index contributed by atoms with van der Waals surface area (Å²) in [7, 11) is 0. The van der Waals surface area contributed by atoms with E-state index in [-0.39, 0.29) is 16.3 Å². The van der Waals surface area contributed by atoms with Gasteiger partial charge in [0.25, 0.3) is 11.6 Å². The van der Waals surface area contributed by atoms with Crippen LogP contribution in [0.15, 0.2) is 48.5 Å². The molecule has 0 saturated carbocycles. The Morgan fingerprint density at radius 3 is 2.65 bits per heavy atom. The van der Waals surface area contributed by atoms with Crippen molar-refractivity contribution < 1.29 is 9.72 Å². The first-order valence-corrected chi connectivity index (χ1v) is 8.45. The number of carbonyl (C=O) groups is 1. The number of thioether (sulfide) groups is 1. The lowest BCUT2D eigenvalue weighted by Gasteiger charge is -2.06. The van der Waals surface area contributed by atoms with Crippen molar-refractivity contribution in [3.63, 3.8) is 0 Å². The van der Waals surface area contributed by atoms with Gasteiger partial charge in [-0.05, 0) is 17.7 Å². The average molecular weight is 351 g/mol. The summed E-state index contributed by atoms with van der Waals surface area (Å²) >= 11 is 7.42. The number of hydrogen-bond donors (Lipinski definition) is 1. The molecule has 0 aromatic heterocycles. The lowest BCUT2D eigenvalue weighted by atomic mass is 10.1. The van der Waals surface area contributed by atoms with E-state index in [0.717, 1.165) is 11.5 Å². The summed E-state index contributed by atoms with van der Waals surface area (Å²) in [6.45, 7) is 0.441. The topological polar surface area (TPSA) is 72.2 Å². The molecule has 5 nitrogen and oxygen atoms in total. The van der Waals surface area contributed by atoms with Gasteiger partial charge in [0.1, 0.15) is 5.56 Å². The number of halogens is 1. The molecular formula is C16H15ClN2O3S. The lowest BCUT2D eigenvalue weighted by Crippen LogP contribution is -2.26. The van der Waals surface area contributed by atoms with Gasteiger partial charge in [-0.25, -0.2) is 0 Å². The number of nitrogens with zero attached hydrogens (tertiary/aromatic N) is 1. The molecule has 7 heteroatoms. The first kappa shape index (κ1) is 17.3. The molecule has 0 aliphatic carbocycles. The van der Waals surface area contributed by atoms with Crippen LogP contribution in [0.3, 0.4) is 0 Å². The standard InChI is InChI=1S/C16H15ClN2O3S/c17-13-6-7-14(15(10-13)19(21)22)16(20)18-8-9-23-11-12-4-2-1-3-5-12/h1-7,10H,8-9,11H2,(H,18,20). The first-order valence-electron chi connectivity index (χ1n) is 6.92.